The van der Waals surface area contributed by atoms with E-state index < -0.39 is 0 Å². The van der Waals surface area contributed by atoms with Crippen molar-refractivity contribution in [1.29, 1.82) is 0 Å². The van der Waals surface area contributed by atoms with Gasteiger partial charge < -0.3 is 9.88 Å². The van der Waals surface area contributed by atoms with Gasteiger partial charge in [-0.1, -0.05) is 18.9 Å². The lowest BCUT2D eigenvalue weighted by Gasteiger charge is -2.22. The Labute approximate surface area is 160 Å². The fraction of sp³-hybridized carbons (Fsp3) is 0.478. The van der Waals surface area contributed by atoms with Crippen LogP contribution in [0.15, 0.2) is 29.2 Å². The molecule has 0 amide bonds. The molecule has 142 valence electrons. The Balaban J connectivity index is 1.73. The number of nitrogens with one attached hydrogen (secondary N) is 1. The largest absolute Gasteiger partial charge is 0.318 e. The lowest BCUT2D eigenvalue weighted by atomic mass is 9.85. The second-order valence-corrected chi connectivity index (χ2v) is 8.18. The summed E-state index contributed by atoms with van der Waals surface area (Å²) in [5.41, 5.74) is 6.78. The number of Topliss-reactive ketones (excluding diaryl/α,β-unsaturated/α-hetero) is 1. The molecule has 1 fully saturated rings. The highest BCUT2D eigenvalue weighted by molar-refractivity contribution is 5.84. The monoisotopic (exact) mass is 364 g/mol. The third kappa shape index (κ3) is 3.77. The van der Waals surface area contributed by atoms with Gasteiger partial charge >= 0.3 is 0 Å². The van der Waals surface area contributed by atoms with Gasteiger partial charge in [0.1, 0.15) is 5.78 Å². The van der Waals surface area contributed by atoms with E-state index in [0.29, 0.717) is 24.7 Å². The van der Waals surface area contributed by atoms with Crippen LogP contribution in [0.2, 0.25) is 0 Å². The fourth-order valence-corrected chi connectivity index (χ4v) is 4.55. The van der Waals surface area contributed by atoms with Crippen LogP contribution in [0.5, 0.6) is 0 Å². The molecular formula is C23H28N2O2. The minimum Gasteiger partial charge on any atom is -0.318 e. The molecule has 1 N–H and O–H groups in total. The van der Waals surface area contributed by atoms with Crippen molar-refractivity contribution < 1.29 is 4.79 Å². The molecule has 1 saturated carbocycles. The first-order chi connectivity index (χ1) is 13.0. The summed E-state index contributed by atoms with van der Waals surface area (Å²) in [5, 5.41) is 3.71. The summed E-state index contributed by atoms with van der Waals surface area (Å²) < 4.78 is 1.66. The Kier molecular flexibility index (Phi) is 5.00. The van der Waals surface area contributed by atoms with Crippen molar-refractivity contribution in [2.75, 3.05) is 0 Å². The Morgan fingerprint density at radius 2 is 1.85 bits per heavy atom. The molecular weight excluding hydrogens is 336 g/mol. The Morgan fingerprint density at radius 1 is 1.07 bits per heavy atom. The van der Waals surface area contributed by atoms with Crippen LogP contribution in [0.3, 0.4) is 0 Å². The van der Waals surface area contributed by atoms with Crippen LogP contribution >= 0.6 is 0 Å². The Bertz CT molecular complexity index is 910. The van der Waals surface area contributed by atoms with E-state index in [4.69, 9.17) is 0 Å². The minimum absolute atomic E-state index is 0.0467. The van der Waals surface area contributed by atoms with Gasteiger partial charge in [-0.15, -0.1) is 0 Å². The fourth-order valence-electron chi connectivity index (χ4n) is 4.55. The highest BCUT2D eigenvalue weighted by Crippen LogP contribution is 2.30. The third-order valence-corrected chi connectivity index (χ3v) is 6.11. The number of aromatic nitrogens is 1. The van der Waals surface area contributed by atoms with Crippen LogP contribution in [0, 0.1) is 6.92 Å². The van der Waals surface area contributed by atoms with Crippen LogP contribution in [-0.2, 0) is 31.2 Å². The average molecular weight is 364 g/mol. The van der Waals surface area contributed by atoms with E-state index in [9.17, 15) is 9.59 Å². The molecule has 0 aliphatic heterocycles. The van der Waals surface area contributed by atoms with E-state index in [1.165, 1.54) is 42.4 Å². The van der Waals surface area contributed by atoms with Gasteiger partial charge in [0, 0.05) is 44.2 Å². The predicted molar refractivity (Wildman–Crippen MR) is 108 cm³/mol. The maximum atomic E-state index is 12.1. The van der Waals surface area contributed by atoms with Crippen molar-refractivity contribution in [3.05, 3.63) is 57.0 Å². The summed E-state index contributed by atoms with van der Waals surface area (Å²) in [6.45, 7) is 2.68. The molecule has 4 nitrogen and oxygen atoms in total. The number of ketones is 1. The molecule has 0 spiro atoms. The van der Waals surface area contributed by atoms with E-state index in [2.05, 4.69) is 17.4 Å². The van der Waals surface area contributed by atoms with Crippen LogP contribution in [0.25, 0.3) is 11.1 Å². The van der Waals surface area contributed by atoms with Crippen LogP contribution in [0.4, 0.5) is 0 Å². The summed E-state index contributed by atoms with van der Waals surface area (Å²) >= 11 is 0. The number of hydrogen-bond donors (Lipinski definition) is 1. The first-order valence-corrected chi connectivity index (χ1v) is 10.1. The van der Waals surface area contributed by atoms with Gasteiger partial charge in [0.15, 0.2) is 0 Å². The number of carbonyl (C=O) groups excluding carboxylic acids is 1. The molecule has 27 heavy (non-hydrogen) atoms. The standard InChI is InChI=1S/C23H28N2O2/c1-15-9-19(14-25(2)23(15)27)17-10-16-7-8-21(26)12-22(16)18(11-17)13-24-20-5-3-4-6-20/h9-11,14,20,24H,3-8,12-13H2,1-2H3. The molecule has 2 aliphatic rings. The molecule has 1 heterocycles. The summed E-state index contributed by atoms with van der Waals surface area (Å²) in [6.07, 6.45) is 9.06. The maximum absolute atomic E-state index is 12.1. The zero-order valence-corrected chi connectivity index (χ0v) is 16.3. The summed E-state index contributed by atoms with van der Waals surface area (Å²) in [4.78, 5) is 24.1. The lowest BCUT2D eigenvalue weighted by molar-refractivity contribution is -0.118. The first-order valence-electron chi connectivity index (χ1n) is 10.1. The average Bonchev–Trinajstić information content (AvgIpc) is 3.17. The van der Waals surface area contributed by atoms with Gasteiger partial charge in [0.25, 0.3) is 5.56 Å². The molecule has 1 aromatic carbocycles. The number of pyridine rings is 1. The Hall–Kier alpha value is -2.20. The predicted octanol–water partition coefficient (Wildman–Crippen LogP) is 3.45. The number of carbonyl (C=O) groups is 1. The zero-order valence-electron chi connectivity index (χ0n) is 16.3. The summed E-state index contributed by atoms with van der Waals surface area (Å²) in [7, 11) is 1.80. The van der Waals surface area contributed by atoms with Crippen molar-refractivity contribution in [1.82, 2.24) is 9.88 Å². The van der Waals surface area contributed by atoms with Gasteiger partial charge in [-0.2, -0.15) is 0 Å². The Morgan fingerprint density at radius 3 is 2.59 bits per heavy atom. The smallest absolute Gasteiger partial charge is 0.253 e. The quantitative estimate of drug-likeness (QED) is 0.904. The number of nitrogens with zero attached hydrogens (tertiary/aromatic N) is 1. The lowest BCUT2D eigenvalue weighted by Crippen LogP contribution is -2.27. The highest BCUT2D eigenvalue weighted by Gasteiger charge is 2.21. The molecule has 1 aromatic heterocycles. The van der Waals surface area contributed by atoms with Gasteiger partial charge in [-0.25, -0.2) is 0 Å². The van der Waals surface area contributed by atoms with Crippen LogP contribution < -0.4 is 10.9 Å². The van der Waals surface area contributed by atoms with Gasteiger partial charge in [0.05, 0.1) is 0 Å². The zero-order chi connectivity index (χ0) is 19.0. The normalized spacial score (nSPS) is 17.3. The molecule has 0 atom stereocenters. The molecule has 2 aromatic rings. The maximum Gasteiger partial charge on any atom is 0.253 e. The summed E-state index contributed by atoms with van der Waals surface area (Å²) in [5.74, 6) is 0.343. The number of fused-ring (bicyclic) bond motifs is 1. The number of rotatable bonds is 4. The number of hydrogen-bond acceptors (Lipinski definition) is 3. The second-order valence-electron chi connectivity index (χ2n) is 8.18. The molecule has 0 bridgehead atoms. The van der Waals surface area contributed by atoms with Crippen molar-refractivity contribution >= 4 is 5.78 Å². The van der Waals surface area contributed by atoms with Crippen molar-refractivity contribution in [3.8, 4) is 11.1 Å². The van der Waals surface area contributed by atoms with E-state index in [-0.39, 0.29) is 5.56 Å². The SMILES string of the molecule is Cc1cc(-c2cc3c(c(CNC4CCCC4)c2)CC(=O)CC3)cn(C)c1=O. The van der Waals surface area contributed by atoms with Gasteiger partial charge in [0.2, 0.25) is 0 Å². The van der Waals surface area contributed by atoms with Crippen LogP contribution in [0.1, 0.15) is 54.4 Å². The topological polar surface area (TPSA) is 51.1 Å². The molecule has 4 rings (SSSR count). The molecule has 2 aliphatic carbocycles. The number of benzene rings is 1. The summed E-state index contributed by atoms with van der Waals surface area (Å²) in [6, 6.07) is 7.02. The highest BCUT2D eigenvalue weighted by atomic mass is 16.1. The van der Waals surface area contributed by atoms with Crippen molar-refractivity contribution in [3.63, 3.8) is 0 Å². The number of aryl methyl sites for hydroxylation is 3. The third-order valence-electron chi connectivity index (χ3n) is 6.11. The van der Waals surface area contributed by atoms with Crippen molar-refractivity contribution in [2.45, 2.75) is 64.5 Å². The molecule has 0 unspecified atom stereocenters. The van der Waals surface area contributed by atoms with Gasteiger partial charge in [-0.05, 0) is 66.1 Å². The molecule has 0 radical (unpaired) electrons. The van der Waals surface area contributed by atoms with Crippen molar-refractivity contribution in [2.24, 2.45) is 7.05 Å². The second kappa shape index (κ2) is 7.43. The first kappa shape index (κ1) is 18.2. The molecule has 0 saturated heterocycles. The minimum atomic E-state index is 0.0467. The van der Waals surface area contributed by atoms with E-state index in [0.717, 1.165) is 29.7 Å². The molecule has 4 heteroatoms. The van der Waals surface area contributed by atoms with E-state index in [1.54, 1.807) is 11.6 Å². The van der Waals surface area contributed by atoms with Gasteiger partial charge in [-0.3, -0.25) is 9.59 Å². The van der Waals surface area contributed by atoms with Crippen LogP contribution in [-0.4, -0.2) is 16.4 Å². The van der Waals surface area contributed by atoms with E-state index >= 15 is 0 Å². The van der Waals surface area contributed by atoms with E-state index in [1.807, 2.05) is 19.2 Å².